The first kappa shape index (κ1) is 16.7. The quantitative estimate of drug-likeness (QED) is 0.865. The number of benzene rings is 2. The summed E-state index contributed by atoms with van der Waals surface area (Å²) in [4.78, 5) is 12.2. The van der Waals surface area contributed by atoms with Crippen LogP contribution in [-0.4, -0.2) is 24.9 Å². The van der Waals surface area contributed by atoms with Gasteiger partial charge in [0.1, 0.15) is 11.9 Å². The largest absolute Gasteiger partial charge is 0.449 e. The van der Waals surface area contributed by atoms with Gasteiger partial charge in [-0.15, -0.1) is 0 Å². The number of hydrogen-bond acceptors (Lipinski definition) is 5. The minimum atomic E-state index is -4.20. The molecule has 2 aromatic rings. The zero-order valence-corrected chi connectivity index (χ0v) is 13.8. The van der Waals surface area contributed by atoms with Gasteiger partial charge in [0.25, 0.3) is 9.84 Å². The van der Waals surface area contributed by atoms with E-state index in [-0.39, 0.29) is 13.0 Å². The summed E-state index contributed by atoms with van der Waals surface area (Å²) in [5.74, 6) is 0. The minimum Gasteiger partial charge on any atom is -0.449 e. The fourth-order valence-electron chi connectivity index (χ4n) is 2.95. The predicted molar refractivity (Wildman–Crippen MR) is 89.1 cm³/mol. The number of aliphatic hydroxyl groups is 1. The predicted octanol–water partition coefficient (Wildman–Crippen LogP) is 2.79. The van der Waals surface area contributed by atoms with E-state index in [1.807, 2.05) is 6.07 Å². The van der Waals surface area contributed by atoms with Crippen molar-refractivity contribution in [1.29, 1.82) is 0 Å². The van der Waals surface area contributed by atoms with E-state index in [2.05, 4.69) is 0 Å². The molecule has 1 aliphatic carbocycles. The highest BCUT2D eigenvalue weighted by Gasteiger charge is 2.40. The van der Waals surface area contributed by atoms with Gasteiger partial charge in [-0.2, -0.15) is 0 Å². The Labute approximate surface area is 140 Å². The van der Waals surface area contributed by atoms with Gasteiger partial charge in [-0.25, -0.2) is 13.2 Å². The van der Waals surface area contributed by atoms with E-state index >= 15 is 0 Å². The van der Waals surface area contributed by atoms with Crippen molar-refractivity contribution in [2.45, 2.75) is 30.8 Å². The number of rotatable bonds is 3. The summed E-state index contributed by atoms with van der Waals surface area (Å²) in [7, 11) is -4.20. The van der Waals surface area contributed by atoms with Gasteiger partial charge in [0, 0.05) is 0 Å². The Morgan fingerprint density at radius 2 is 1.75 bits per heavy atom. The lowest BCUT2D eigenvalue weighted by atomic mass is 9.89. The zero-order valence-electron chi connectivity index (χ0n) is 13.0. The molecule has 2 atom stereocenters. The topological polar surface area (TPSA) is 80.7 Å². The average Bonchev–Trinajstić information content (AvgIpc) is 2.59. The minimum absolute atomic E-state index is 0.000215. The van der Waals surface area contributed by atoms with Crippen LogP contribution in [-0.2, 0) is 27.6 Å². The molecule has 126 valence electrons. The van der Waals surface area contributed by atoms with Crippen molar-refractivity contribution < 1.29 is 23.1 Å². The number of sulfone groups is 1. The third kappa shape index (κ3) is 3.34. The van der Waals surface area contributed by atoms with Crippen LogP contribution < -0.4 is 0 Å². The molecular formula is C18H18O5S. The van der Waals surface area contributed by atoms with Crippen LogP contribution in [0.15, 0.2) is 54.6 Å². The maximum absolute atomic E-state index is 12.6. The Balaban J connectivity index is 1.81. The number of fused-ring (bicyclic) bond motifs is 1. The molecule has 24 heavy (non-hydrogen) atoms. The fraction of sp³-hybridized carbons (Fsp3) is 0.278. The second kappa shape index (κ2) is 6.75. The molecule has 1 unspecified atom stereocenters. The lowest BCUT2D eigenvalue weighted by Gasteiger charge is -2.27. The molecule has 1 aliphatic rings. The van der Waals surface area contributed by atoms with Crippen LogP contribution in [0, 0.1) is 0 Å². The molecule has 0 saturated carbocycles. The van der Waals surface area contributed by atoms with E-state index in [0.717, 1.165) is 5.56 Å². The Morgan fingerprint density at radius 1 is 1.08 bits per heavy atom. The molecule has 0 fully saturated rings. The molecule has 1 N–H and O–H groups in total. The van der Waals surface area contributed by atoms with Crippen molar-refractivity contribution in [2.75, 3.05) is 0 Å². The van der Waals surface area contributed by atoms with Gasteiger partial charge in [-0.3, -0.25) is 0 Å². The van der Waals surface area contributed by atoms with Crippen LogP contribution in [0.4, 0.5) is 4.79 Å². The van der Waals surface area contributed by atoms with Crippen LogP contribution in [0.2, 0.25) is 0 Å². The molecule has 0 spiro atoms. The highest BCUT2D eigenvalue weighted by atomic mass is 32.2. The lowest BCUT2D eigenvalue weighted by molar-refractivity contribution is 0.153. The maximum atomic E-state index is 12.6. The number of aliphatic hydroxyl groups excluding tert-OH is 1. The summed E-state index contributed by atoms with van der Waals surface area (Å²) in [6.07, 6.45) is -0.400. The van der Waals surface area contributed by atoms with Gasteiger partial charge in [-0.05, 0) is 29.5 Å². The van der Waals surface area contributed by atoms with Crippen LogP contribution in [0.5, 0.6) is 0 Å². The molecule has 0 aromatic heterocycles. The van der Waals surface area contributed by atoms with Crippen LogP contribution in [0.3, 0.4) is 0 Å². The van der Waals surface area contributed by atoms with Gasteiger partial charge in [-0.1, -0.05) is 54.6 Å². The van der Waals surface area contributed by atoms with Crippen molar-refractivity contribution in [2.24, 2.45) is 0 Å². The summed E-state index contributed by atoms with van der Waals surface area (Å²) < 4.78 is 30.2. The summed E-state index contributed by atoms with van der Waals surface area (Å²) in [5, 5.41) is 7.64. The van der Waals surface area contributed by atoms with Gasteiger partial charge < -0.3 is 9.84 Å². The Bertz CT molecular complexity index is 829. The fourth-order valence-corrected chi connectivity index (χ4v) is 4.45. The normalized spacial score (nSPS) is 20.2. The van der Waals surface area contributed by atoms with E-state index < -0.39 is 26.5 Å². The molecule has 0 saturated heterocycles. The summed E-state index contributed by atoms with van der Waals surface area (Å²) >= 11 is 0. The summed E-state index contributed by atoms with van der Waals surface area (Å²) in [6, 6.07) is 15.9. The van der Waals surface area contributed by atoms with Crippen molar-refractivity contribution in [3.63, 3.8) is 0 Å². The molecule has 5 nitrogen and oxygen atoms in total. The SMILES string of the molecule is O=C(OCc1ccccc1)S(=O)(=O)C1C[C@H](O)Cc2ccccc21. The Kier molecular flexibility index (Phi) is 4.69. The Hall–Kier alpha value is -2.18. The molecule has 2 aromatic carbocycles. The van der Waals surface area contributed by atoms with E-state index in [4.69, 9.17) is 4.74 Å². The zero-order chi connectivity index (χ0) is 17.2. The standard InChI is InChI=1S/C18H18O5S/c19-15-10-14-8-4-5-9-16(14)17(11-15)24(21,22)18(20)23-12-13-6-2-1-3-7-13/h1-9,15,17,19H,10-12H2/t15-,17?/m1/s1. The number of carbonyl (C=O) groups is 1. The van der Waals surface area contributed by atoms with Gasteiger partial charge in [0.15, 0.2) is 0 Å². The van der Waals surface area contributed by atoms with E-state index in [1.165, 1.54) is 0 Å². The van der Waals surface area contributed by atoms with Crippen LogP contribution in [0.25, 0.3) is 0 Å². The second-order valence-electron chi connectivity index (χ2n) is 5.85. The number of hydrogen-bond donors (Lipinski definition) is 1. The van der Waals surface area contributed by atoms with Crippen molar-refractivity contribution >= 4 is 15.1 Å². The highest BCUT2D eigenvalue weighted by molar-refractivity contribution is 8.05. The smallest absolute Gasteiger partial charge is 0.425 e. The molecule has 6 heteroatoms. The average molecular weight is 346 g/mol. The van der Waals surface area contributed by atoms with Gasteiger partial charge in [0.2, 0.25) is 0 Å². The van der Waals surface area contributed by atoms with Crippen LogP contribution >= 0.6 is 0 Å². The van der Waals surface area contributed by atoms with Crippen molar-refractivity contribution in [1.82, 2.24) is 0 Å². The first-order valence-corrected chi connectivity index (χ1v) is 9.23. The third-order valence-corrected chi connectivity index (χ3v) is 5.93. The number of carbonyl (C=O) groups excluding carboxylic acids is 1. The maximum Gasteiger partial charge on any atom is 0.425 e. The van der Waals surface area contributed by atoms with Gasteiger partial charge in [0.05, 0.1) is 6.10 Å². The molecule has 0 heterocycles. The molecule has 0 aliphatic heterocycles. The molecule has 0 bridgehead atoms. The lowest BCUT2D eigenvalue weighted by Crippen LogP contribution is -2.31. The molecular weight excluding hydrogens is 328 g/mol. The van der Waals surface area contributed by atoms with Gasteiger partial charge >= 0.3 is 5.30 Å². The van der Waals surface area contributed by atoms with Crippen molar-refractivity contribution in [3.8, 4) is 0 Å². The van der Waals surface area contributed by atoms with Crippen LogP contribution in [0.1, 0.15) is 28.4 Å². The van der Waals surface area contributed by atoms with E-state index in [1.54, 1.807) is 48.5 Å². The summed E-state index contributed by atoms with van der Waals surface area (Å²) in [6.45, 7) is -0.101. The Morgan fingerprint density at radius 3 is 2.50 bits per heavy atom. The third-order valence-electron chi connectivity index (χ3n) is 4.15. The summed E-state index contributed by atoms with van der Waals surface area (Å²) in [5.41, 5.74) is 2.03. The first-order chi connectivity index (χ1) is 11.5. The van der Waals surface area contributed by atoms with E-state index in [9.17, 15) is 18.3 Å². The molecule has 3 rings (SSSR count). The highest BCUT2D eigenvalue weighted by Crippen LogP contribution is 2.36. The second-order valence-corrected chi connectivity index (χ2v) is 7.84. The van der Waals surface area contributed by atoms with E-state index in [0.29, 0.717) is 17.5 Å². The monoisotopic (exact) mass is 346 g/mol. The van der Waals surface area contributed by atoms with Crippen molar-refractivity contribution in [3.05, 3.63) is 71.3 Å². The molecule has 0 radical (unpaired) electrons. The number of ether oxygens (including phenoxy) is 1. The molecule has 0 amide bonds. The first-order valence-electron chi connectivity index (χ1n) is 7.69.